The van der Waals surface area contributed by atoms with Crippen LogP contribution in [0.4, 0.5) is 18.9 Å². The van der Waals surface area contributed by atoms with E-state index in [1.54, 1.807) is 0 Å². The molecule has 0 aliphatic rings. The predicted octanol–water partition coefficient (Wildman–Crippen LogP) is 3.28. The maximum Gasteiger partial charge on any atom is 0.418 e. The maximum atomic E-state index is 12.8. The number of aliphatic hydroxyl groups is 1. The van der Waals surface area contributed by atoms with Crippen molar-refractivity contribution >= 4 is 21.6 Å². The van der Waals surface area contributed by atoms with E-state index in [0.29, 0.717) is 4.47 Å². The van der Waals surface area contributed by atoms with Crippen molar-refractivity contribution in [2.75, 3.05) is 18.5 Å². The molecule has 1 aromatic carbocycles. The zero-order valence-corrected chi connectivity index (χ0v) is 11.0. The minimum atomic E-state index is -4.40. The van der Waals surface area contributed by atoms with Crippen LogP contribution in [0.15, 0.2) is 22.7 Å². The number of halogens is 4. The standard InChI is InChI=1S/C11H13BrF3NO/c1-7(17)6-16(2)10-5-8(12)3-4-9(10)11(13,14)15/h3-5,7,17H,6H2,1-2H3. The van der Waals surface area contributed by atoms with Crippen LogP contribution in [0.5, 0.6) is 0 Å². The maximum absolute atomic E-state index is 12.8. The number of alkyl halides is 3. The average Bonchev–Trinajstić information content (AvgIpc) is 2.14. The third kappa shape index (κ3) is 3.89. The van der Waals surface area contributed by atoms with Crippen LogP contribution in [0.2, 0.25) is 0 Å². The van der Waals surface area contributed by atoms with Gasteiger partial charge in [0.25, 0.3) is 0 Å². The number of rotatable bonds is 3. The normalized spacial score (nSPS) is 13.6. The van der Waals surface area contributed by atoms with E-state index >= 15 is 0 Å². The van der Waals surface area contributed by atoms with E-state index < -0.39 is 17.8 Å². The topological polar surface area (TPSA) is 23.5 Å². The fraction of sp³-hybridized carbons (Fsp3) is 0.455. The smallest absolute Gasteiger partial charge is 0.392 e. The van der Waals surface area contributed by atoms with Crippen LogP contribution in [0.25, 0.3) is 0 Å². The van der Waals surface area contributed by atoms with Crippen LogP contribution in [-0.4, -0.2) is 24.8 Å². The summed E-state index contributed by atoms with van der Waals surface area (Å²) in [5.41, 5.74) is -0.656. The lowest BCUT2D eigenvalue weighted by atomic mass is 10.1. The lowest BCUT2D eigenvalue weighted by molar-refractivity contribution is -0.137. The van der Waals surface area contributed by atoms with Crippen molar-refractivity contribution in [2.24, 2.45) is 0 Å². The lowest BCUT2D eigenvalue weighted by Gasteiger charge is -2.24. The van der Waals surface area contributed by atoms with Crippen LogP contribution in [0, 0.1) is 0 Å². The Bertz CT molecular complexity index is 393. The molecule has 0 saturated carbocycles. The van der Waals surface area contributed by atoms with E-state index in [2.05, 4.69) is 15.9 Å². The Balaban J connectivity index is 3.15. The molecule has 0 saturated heterocycles. The van der Waals surface area contributed by atoms with E-state index in [1.807, 2.05) is 0 Å². The third-order valence-electron chi connectivity index (χ3n) is 2.21. The first-order valence-corrected chi connectivity index (χ1v) is 5.77. The highest BCUT2D eigenvalue weighted by Gasteiger charge is 2.34. The Kier molecular flexibility index (Phi) is 4.43. The van der Waals surface area contributed by atoms with Gasteiger partial charge in [0.2, 0.25) is 0 Å². The second-order valence-electron chi connectivity index (χ2n) is 3.89. The van der Waals surface area contributed by atoms with Gasteiger partial charge >= 0.3 is 6.18 Å². The quantitative estimate of drug-likeness (QED) is 0.926. The Labute approximate surface area is 106 Å². The van der Waals surface area contributed by atoms with Gasteiger partial charge in [-0.05, 0) is 25.1 Å². The molecule has 0 amide bonds. The van der Waals surface area contributed by atoms with Crippen molar-refractivity contribution in [3.63, 3.8) is 0 Å². The highest BCUT2D eigenvalue weighted by molar-refractivity contribution is 9.10. The van der Waals surface area contributed by atoms with E-state index in [1.165, 1.54) is 31.0 Å². The Hall–Kier alpha value is -0.750. The largest absolute Gasteiger partial charge is 0.418 e. The fourth-order valence-corrected chi connectivity index (χ4v) is 1.90. The number of aliphatic hydroxyl groups excluding tert-OH is 1. The van der Waals surface area contributed by atoms with Crippen LogP contribution in [0.3, 0.4) is 0 Å². The molecule has 0 aliphatic heterocycles. The molecule has 0 aromatic heterocycles. The molecule has 1 N–H and O–H groups in total. The first-order valence-electron chi connectivity index (χ1n) is 4.97. The molecule has 0 spiro atoms. The number of hydrogen-bond donors (Lipinski definition) is 1. The van der Waals surface area contributed by atoms with Gasteiger partial charge in [0.15, 0.2) is 0 Å². The van der Waals surface area contributed by atoms with Crippen molar-refractivity contribution in [3.8, 4) is 0 Å². The Morgan fingerprint density at radius 1 is 1.41 bits per heavy atom. The summed E-state index contributed by atoms with van der Waals surface area (Å²) in [6.45, 7) is 1.67. The van der Waals surface area contributed by atoms with Crippen molar-refractivity contribution < 1.29 is 18.3 Å². The van der Waals surface area contributed by atoms with Gasteiger partial charge in [-0.2, -0.15) is 13.2 Å². The second kappa shape index (κ2) is 5.27. The van der Waals surface area contributed by atoms with Crippen LogP contribution < -0.4 is 4.90 Å². The van der Waals surface area contributed by atoms with Gasteiger partial charge in [-0.15, -0.1) is 0 Å². The minimum Gasteiger partial charge on any atom is -0.392 e. The van der Waals surface area contributed by atoms with Gasteiger partial charge in [-0.25, -0.2) is 0 Å². The highest BCUT2D eigenvalue weighted by atomic mass is 79.9. The SMILES string of the molecule is CC(O)CN(C)c1cc(Br)ccc1C(F)(F)F. The van der Waals surface area contributed by atoms with Crippen molar-refractivity contribution in [1.29, 1.82) is 0 Å². The highest BCUT2D eigenvalue weighted by Crippen LogP contribution is 2.37. The van der Waals surface area contributed by atoms with Gasteiger partial charge in [0.1, 0.15) is 0 Å². The van der Waals surface area contributed by atoms with Gasteiger partial charge in [0.05, 0.1) is 11.7 Å². The first kappa shape index (κ1) is 14.3. The molecule has 1 aromatic rings. The summed E-state index contributed by atoms with van der Waals surface area (Å²) in [5.74, 6) is 0. The molecule has 1 rings (SSSR count). The van der Waals surface area contributed by atoms with E-state index in [-0.39, 0.29) is 12.2 Å². The molecule has 0 bridgehead atoms. The van der Waals surface area contributed by atoms with Crippen molar-refractivity contribution in [2.45, 2.75) is 19.2 Å². The van der Waals surface area contributed by atoms with Gasteiger partial charge in [-0.3, -0.25) is 0 Å². The number of nitrogens with zero attached hydrogens (tertiary/aromatic N) is 1. The van der Waals surface area contributed by atoms with E-state index in [4.69, 9.17) is 0 Å². The molecule has 96 valence electrons. The number of likely N-dealkylation sites (N-methyl/N-ethyl adjacent to an activating group) is 1. The summed E-state index contributed by atoms with van der Waals surface area (Å²) in [6.07, 6.45) is -5.09. The van der Waals surface area contributed by atoms with Gasteiger partial charge in [-0.1, -0.05) is 15.9 Å². The summed E-state index contributed by atoms with van der Waals surface area (Å²) in [5, 5.41) is 9.21. The number of anilines is 1. The molecule has 1 unspecified atom stereocenters. The molecule has 2 nitrogen and oxygen atoms in total. The average molecular weight is 312 g/mol. The minimum absolute atomic E-state index is 0.0489. The third-order valence-corrected chi connectivity index (χ3v) is 2.71. The molecule has 6 heteroatoms. The Morgan fingerprint density at radius 3 is 2.47 bits per heavy atom. The summed E-state index contributed by atoms with van der Waals surface area (Å²) in [4.78, 5) is 1.39. The molecule has 0 aliphatic carbocycles. The van der Waals surface area contributed by atoms with Gasteiger partial charge < -0.3 is 10.0 Å². The lowest BCUT2D eigenvalue weighted by Crippen LogP contribution is -2.28. The monoisotopic (exact) mass is 311 g/mol. The molecular formula is C11H13BrF3NO. The predicted molar refractivity (Wildman–Crippen MR) is 64.1 cm³/mol. The Morgan fingerprint density at radius 2 is 2.00 bits per heavy atom. The zero-order valence-electron chi connectivity index (χ0n) is 9.42. The number of hydrogen-bond acceptors (Lipinski definition) is 2. The molecule has 17 heavy (non-hydrogen) atoms. The van der Waals surface area contributed by atoms with Crippen molar-refractivity contribution in [1.82, 2.24) is 0 Å². The molecule has 1 atom stereocenters. The van der Waals surface area contributed by atoms with Crippen LogP contribution in [0.1, 0.15) is 12.5 Å². The summed E-state index contributed by atoms with van der Waals surface area (Å²) < 4.78 is 38.9. The summed E-state index contributed by atoms with van der Waals surface area (Å²) in [7, 11) is 1.52. The van der Waals surface area contributed by atoms with E-state index in [9.17, 15) is 18.3 Å². The van der Waals surface area contributed by atoms with Crippen LogP contribution in [-0.2, 0) is 6.18 Å². The first-order chi connectivity index (χ1) is 7.71. The summed E-state index contributed by atoms with van der Waals surface area (Å²) >= 11 is 3.14. The molecular weight excluding hydrogens is 299 g/mol. The molecule has 0 fully saturated rings. The molecule has 0 heterocycles. The fourth-order valence-electron chi connectivity index (χ4n) is 1.56. The summed E-state index contributed by atoms with van der Waals surface area (Å²) in [6, 6.07) is 3.77. The van der Waals surface area contributed by atoms with Crippen LogP contribution >= 0.6 is 15.9 Å². The number of benzene rings is 1. The van der Waals surface area contributed by atoms with E-state index in [0.717, 1.165) is 6.07 Å². The second-order valence-corrected chi connectivity index (χ2v) is 4.80. The van der Waals surface area contributed by atoms with Crippen molar-refractivity contribution in [3.05, 3.63) is 28.2 Å². The zero-order chi connectivity index (χ0) is 13.2. The van der Waals surface area contributed by atoms with Gasteiger partial charge in [0, 0.05) is 23.8 Å². The molecule has 0 radical (unpaired) electrons.